The molecule has 2 amide bonds. The third-order valence-corrected chi connectivity index (χ3v) is 8.25. The van der Waals surface area contributed by atoms with Crippen molar-refractivity contribution >= 4 is 24.0 Å². The van der Waals surface area contributed by atoms with E-state index in [1.54, 1.807) is 7.11 Å². The van der Waals surface area contributed by atoms with E-state index < -0.39 is 6.09 Å². The van der Waals surface area contributed by atoms with Gasteiger partial charge in [-0.3, -0.25) is 4.79 Å². The van der Waals surface area contributed by atoms with E-state index in [-0.39, 0.29) is 30.4 Å². The van der Waals surface area contributed by atoms with Crippen LogP contribution in [0.5, 0.6) is 11.5 Å². The van der Waals surface area contributed by atoms with Gasteiger partial charge in [0, 0.05) is 13.0 Å². The normalized spacial score (nSPS) is 16.7. The number of guanidine groups is 1. The van der Waals surface area contributed by atoms with Crippen LogP contribution in [0.15, 0.2) is 120 Å². The SMILES string of the molecule is CCC(C)C(=O)N=C1N(C(=O)OCc2ccccc2)/C(=C\c2ccc(OC)cc2)C(Cc2ccc(OCc3ccccc3)cc2)N1C. The summed E-state index contributed by atoms with van der Waals surface area (Å²) in [5.74, 6) is 1.14. The highest BCUT2D eigenvalue weighted by Gasteiger charge is 2.43. The van der Waals surface area contributed by atoms with Gasteiger partial charge in [0.15, 0.2) is 0 Å². The molecule has 0 bridgehead atoms. The topological polar surface area (TPSA) is 80.7 Å². The van der Waals surface area contributed by atoms with Crippen molar-refractivity contribution in [1.29, 1.82) is 0 Å². The monoisotopic (exact) mass is 631 g/mol. The number of hydrogen-bond acceptors (Lipinski definition) is 5. The molecule has 8 heteroatoms. The molecule has 5 rings (SSSR count). The van der Waals surface area contributed by atoms with E-state index in [0.29, 0.717) is 25.1 Å². The molecule has 0 aliphatic carbocycles. The lowest BCUT2D eigenvalue weighted by Crippen LogP contribution is -2.38. The standard InChI is InChI=1S/C39H41N3O5/c1-5-28(2)37(43)40-38-41(3)35(24-29-18-22-34(23-19-29)46-26-31-12-8-6-9-13-31)36(25-30-16-20-33(45-4)21-17-30)42(38)39(44)47-27-32-14-10-7-11-15-32/h6-23,25,28,35H,5,24,26-27H2,1-4H3/b36-25-,40-38?. The fourth-order valence-corrected chi connectivity index (χ4v) is 5.20. The van der Waals surface area contributed by atoms with Crippen molar-refractivity contribution in [3.63, 3.8) is 0 Å². The minimum absolute atomic E-state index is 0.0808. The Balaban J connectivity index is 1.48. The molecule has 1 heterocycles. The summed E-state index contributed by atoms with van der Waals surface area (Å²) >= 11 is 0. The van der Waals surface area contributed by atoms with Gasteiger partial charge in [0.1, 0.15) is 24.7 Å². The number of nitrogens with zero attached hydrogens (tertiary/aromatic N) is 3. The average Bonchev–Trinajstić information content (AvgIpc) is 3.36. The highest BCUT2D eigenvalue weighted by Crippen LogP contribution is 2.32. The Morgan fingerprint density at radius 3 is 2.00 bits per heavy atom. The van der Waals surface area contributed by atoms with Crippen molar-refractivity contribution in [2.24, 2.45) is 10.9 Å². The summed E-state index contributed by atoms with van der Waals surface area (Å²) in [6.07, 6.45) is 2.51. The molecule has 1 aliphatic heterocycles. The number of amides is 2. The largest absolute Gasteiger partial charge is 0.497 e. The molecule has 0 N–H and O–H groups in total. The fraction of sp³-hybridized carbons (Fsp3) is 0.256. The van der Waals surface area contributed by atoms with Crippen LogP contribution in [0, 0.1) is 5.92 Å². The van der Waals surface area contributed by atoms with Crippen LogP contribution in [0.1, 0.15) is 42.5 Å². The van der Waals surface area contributed by atoms with E-state index in [9.17, 15) is 9.59 Å². The molecule has 2 atom stereocenters. The van der Waals surface area contributed by atoms with Crippen LogP contribution in [-0.2, 0) is 29.2 Å². The zero-order chi connectivity index (χ0) is 33.2. The van der Waals surface area contributed by atoms with Crippen LogP contribution in [0.2, 0.25) is 0 Å². The van der Waals surface area contributed by atoms with E-state index in [1.165, 1.54) is 4.90 Å². The Morgan fingerprint density at radius 1 is 0.809 bits per heavy atom. The van der Waals surface area contributed by atoms with Gasteiger partial charge in [-0.25, -0.2) is 9.69 Å². The van der Waals surface area contributed by atoms with Gasteiger partial charge in [-0.1, -0.05) is 98.8 Å². The molecule has 1 saturated heterocycles. The number of carbonyl (C=O) groups is 2. The molecule has 0 spiro atoms. The van der Waals surface area contributed by atoms with Crippen LogP contribution in [0.25, 0.3) is 6.08 Å². The van der Waals surface area contributed by atoms with Gasteiger partial charge in [-0.15, -0.1) is 0 Å². The van der Waals surface area contributed by atoms with Crippen LogP contribution in [0.3, 0.4) is 0 Å². The van der Waals surface area contributed by atoms with E-state index >= 15 is 0 Å². The maximum atomic E-state index is 13.9. The Kier molecular flexibility index (Phi) is 11.1. The molecule has 4 aromatic carbocycles. The molecule has 242 valence electrons. The van der Waals surface area contributed by atoms with Gasteiger partial charge in [0.25, 0.3) is 5.91 Å². The van der Waals surface area contributed by atoms with Crippen LogP contribution in [-0.4, -0.2) is 48.0 Å². The fourth-order valence-electron chi connectivity index (χ4n) is 5.20. The quantitative estimate of drug-likeness (QED) is 0.169. The second kappa shape index (κ2) is 15.8. The van der Waals surface area contributed by atoms with E-state index in [0.717, 1.165) is 33.8 Å². The molecule has 0 aromatic heterocycles. The molecule has 1 fully saturated rings. The number of hydrogen-bond donors (Lipinski definition) is 0. The van der Waals surface area contributed by atoms with Gasteiger partial charge in [0.05, 0.1) is 18.8 Å². The smallest absolute Gasteiger partial charge is 0.421 e. The first-order valence-corrected chi connectivity index (χ1v) is 15.8. The highest BCUT2D eigenvalue weighted by atomic mass is 16.6. The lowest BCUT2D eigenvalue weighted by Gasteiger charge is -2.21. The van der Waals surface area contributed by atoms with Crippen LogP contribution < -0.4 is 9.47 Å². The van der Waals surface area contributed by atoms with Crippen molar-refractivity contribution < 1.29 is 23.8 Å². The minimum Gasteiger partial charge on any atom is -0.497 e. The Morgan fingerprint density at radius 2 is 1.40 bits per heavy atom. The third kappa shape index (κ3) is 8.47. The second-order valence-electron chi connectivity index (χ2n) is 11.5. The summed E-state index contributed by atoms with van der Waals surface area (Å²) in [7, 11) is 3.48. The summed E-state index contributed by atoms with van der Waals surface area (Å²) in [6.45, 7) is 4.34. The van der Waals surface area contributed by atoms with Gasteiger partial charge in [0.2, 0.25) is 5.96 Å². The molecule has 8 nitrogen and oxygen atoms in total. The first-order chi connectivity index (χ1) is 22.9. The zero-order valence-corrected chi connectivity index (χ0v) is 27.3. The summed E-state index contributed by atoms with van der Waals surface area (Å²) in [5, 5.41) is 0. The number of methoxy groups -OCH3 is 1. The highest BCUT2D eigenvalue weighted by molar-refractivity contribution is 6.05. The molecule has 0 radical (unpaired) electrons. The van der Waals surface area contributed by atoms with Crippen LogP contribution >= 0.6 is 0 Å². The number of carbonyl (C=O) groups excluding carboxylic acids is 2. The molecule has 2 unspecified atom stereocenters. The van der Waals surface area contributed by atoms with Crippen molar-refractivity contribution in [2.75, 3.05) is 14.2 Å². The van der Waals surface area contributed by atoms with Gasteiger partial charge < -0.3 is 19.1 Å². The lowest BCUT2D eigenvalue weighted by atomic mass is 10.0. The number of likely N-dealkylation sites (N-methyl/N-ethyl adjacent to an activating group) is 1. The second-order valence-corrected chi connectivity index (χ2v) is 11.5. The Labute approximate surface area is 276 Å². The summed E-state index contributed by atoms with van der Waals surface area (Å²) < 4.78 is 17.2. The lowest BCUT2D eigenvalue weighted by molar-refractivity contribution is -0.121. The molecule has 1 aliphatic rings. The van der Waals surface area contributed by atoms with Crippen molar-refractivity contribution in [1.82, 2.24) is 9.80 Å². The van der Waals surface area contributed by atoms with Crippen molar-refractivity contribution in [3.05, 3.63) is 137 Å². The molecule has 47 heavy (non-hydrogen) atoms. The predicted molar refractivity (Wildman–Crippen MR) is 184 cm³/mol. The van der Waals surface area contributed by atoms with Gasteiger partial charge >= 0.3 is 6.09 Å². The summed E-state index contributed by atoms with van der Waals surface area (Å²) in [5.41, 5.74) is 4.49. The zero-order valence-electron chi connectivity index (χ0n) is 27.3. The minimum atomic E-state index is -0.608. The maximum absolute atomic E-state index is 13.9. The molecular formula is C39H41N3O5. The number of rotatable bonds is 11. The van der Waals surface area contributed by atoms with Gasteiger partial charge in [-0.05, 0) is 65.4 Å². The Hall–Kier alpha value is -5.37. The van der Waals surface area contributed by atoms with E-state index in [4.69, 9.17) is 14.2 Å². The Bertz CT molecular complexity index is 1690. The van der Waals surface area contributed by atoms with Gasteiger partial charge in [-0.2, -0.15) is 4.99 Å². The van der Waals surface area contributed by atoms with E-state index in [2.05, 4.69) is 4.99 Å². The van der Waals surface area contributed by atoms with Crippen molar-refractivity contribution in [3.8, 4) is 11.5 Å². The molecule has 4 aromatic rings. The van der Waals surface area contributed by atoms with E-state index in [1.807, 2.05) is 141 Å². The number of ether oxygens (including phenoxy) is 3. The average molecular weight is 632 g/mol. The third-order valence-electron chi connectivity index (χ3n) is 8.25. The molecular weight excluding hydrogens is 590 g/mol. The number of aliphatic imine (C=N–C) groups is 1. The molecule has 0 saturated carbocycles. The summed E-state index contributed by atoms with van der Waals surface area (Å²) in [4.78, 5) is 35.0. The predicted octanol–water partition coefficient (Wildman–Crippen LogP) is 7.74. The number of benzene rings is 4. The van der Waals surface area contributed by atoms with Crippen LogP contribution in [0.4, 0.5) is 4.79 Å². The first kappa shape index (κ1) is 33.0. The first-order valence-electron chi connectivity index (χ1n) is 15.8. The maximum Gasteiger partial charge on any atom is 0.421 e. The van der Waals surface area contributed by atoms with Crippen molar-refractivity contribution in [2.45, 2.75) is 45.9 Å². The summed E-state index contributed by atoms with van der Waals surface area (Å²) in [6, 6.07) is 34.7.